The largest absolute Gasteiger partial charge is 0.368 e. The molecular weight excluding hydrogens is 260 g/mol. The molecule has 0 bridgehead atoms. The fourth-order valence-corrected chi connectivity index (χ4v) is 2.87. The third kappa shape index (κ3) is 2.96. The maximum absolute atomic E-state index is 11.2. The van der Waals surface area contributed by atoms with E-state index in [-0.39, 0.29) is 5.91 Å². The van der Waals surface area contributed by atoms with Gasteiger partial charge in [0.1, 0.15) is 0 Å². The van der Waals surface area contributed by atoms with Gasteiger partial charge in [-0.15, -0.1) is 16.4 Å². The van der Waals surface area contributed by atoms with Gasteiger partial charge >= 0.3 is 0 Å². The maximum Gasteiger partial charge on any atom is 0.275 e. The average Bonchev–Trinajstić information content (AvgIpc) is 2.94. The fourth-order valence-electron chi connectivity index (χ4n) is 1.11. The zero-order valence-corrected chi connectivity index (χ0v) is 10.3. The molecule has 0 atom stereocenters. The summed E-state index contributed by atoms with van der Waals surface area (Å²) in [5.74, 6) is 5.73. The highest BCUT2D eigenvalue weighted by Gasteiger charge is 2.08. The highest BCUT2D eigenvalue weighted by molar-refractivity contribution is 7.98. The molecule has 0 radical (unpaired) electrons. The molecule has 7 nitrogen and oxygen atoms in total. The lowest BCUT2D eigenvalue weighted by molar-refractivity contribution is 0.0957. The Morgan fingerprint density at radius 1 is 1.59 bits per heavy atom. The molecule has 9 heteroatoms. The van der Waals surface area contributed by atoms with Gasteiger partial charge in [0.2, 0.25) is 11.1 Å². The zero-order chi connectivity index (χ0) is 12.3. The number of anilines is 1. The van der Waals surface area contributed by atoms with Crippen molar-refractivity contribution in [2.75, 3.05) is 5.73 Å². The topological polar surface area (TPSA) is 123 Å². The lowest BCUT2D eigenvalue weighted by Gasteiger charge is -1.94. The lowest BCUT2D eigenvalue weighted by Crippen LogP contribution is -2.29. The van der Waals surface area contributed by atoms with Gasteiger partial charge < -0.3 is 5.73 Å². The smallest absolute Gasteiger partial charge is 0.275 e. The van der Waals surface area contributed by atoms with Gasteiger partial charge in [0.15, 0.2) is 0 Å². The van der Waals surface area contributed by atoms with Gasteiger partial charge in [-0.05, 0) is 12.1 Å². The van der Waals surface area contributed by atoms with Crippen LogP contribution in [0.5, 0.6) is 0 Å². The zero-order valence-electron chi connectivity index (χ0n) is 8.64. The number of nitrogens with zero attached hydrogens (tertiary/aromatic N) is 2. The van der Waals surface area contributed by atoms with Crippen LogP contribution in [-0.2, 0) is 5.75 Å². The summed E-state index contributed by atoms with van der Waals surface area (Å²) in [4.78, 5) is 16.8. The number of nitrogens with one attached hydrogen (secondary N) is 2. The summed E-state index contributed by atoms with van der Waals surface area (Å²) in [6.45, 7) is 0. The fraction of sp³-hybridized carbons (Fsp3) is 0.125. The third-order valence-corrected chi connectivity index (χ3v) is 4.01. The summed E-state index contributed by atoms with van der Waals surface area (Å²) >= 11 is 2.82. The number of hydrogen-bond donors (Lipinski definition) is 4. The molecule has 0 saturated heterocycles. The summed E-state index contributed by atoms with van der Waals surface area (Å²) in [5.41, 5.74) is 7.49. The summed E-state index contributed by atoms with van der Waals surface area (Å²) < 4.78 is 0. The minimum atomic E-state index is -0.284. The maximum atomic E-state index is 11.2. The van der Waals surface area contributed by atoms with Crippen LogP contribution in [0.1, 0.15) is 14.5 Å². The Bertz CT molecular complexity index is 522. The molecule has 2 rings (SSSR count). The van der Waals surface area contributed by atoms with E-state index in [1.165, 1.54) is 23.1 Å². The monoisotopic (exact) mass is 270 g/mol. The number of rotatable bonds is 4. The Kier molecular flexibility index (Phi) is 3.61. The molecule has 6 N–H and O–H groups in total. The number of carbonyl (C=O) groups excluding carboxylic acids is 1. The number of hydrogen-bond acceptors (Lipinski definition) is 7. The molecule has 0 aliphatic heterocycles. The molecule has 0 aromatic carbocycles. The summed E-state index contributed by atoms with van der Waals surface area (Å²) in [5, 5.41) is 7.04. The van der Waals surface area contributed by atoms with Crippen LogP contribution < -0.4 is 17.0 Å². The molecule has 0 spiro atoms. The Morgan fingerprint density at radius 3 is 3.06 bits per heavy atom. The van der Waals surface area contributed by atoms with Gasteiger partial charge in [-0.2, -0.15) is 4.98 Å². The normalized spacial score (nSPS) is 10.4. The Balaban J connectivity index is 1.95. The standard InChI is InChI=1S/C8H10N6OS2/c9-7-11-8(14-13-7)16-3-4-1-2-5(17-4)6(15)12-10/h1-2H,3,10H2,(H,12,15)(H3,9,11,13,14). The number of aromatic nitrogens is 3. The Morgan fingerprint density at radius 2 is 2.41 bits per heavy atom. The number of aromatic amines is 1. The van der Waals surface area contributed by atoms with Crippen molar-refractivity contribution in [1.82, 2.24) is 20.6 Å². The van der Waals surface area contributed by atoms with E-state index in [9.17, 15) is 4.79 Å². The summed E-state index contributed by atoms with van der Waals surface area (Å²) in [6, 6.07) is 3.60. The van der Waals surface area contributed by atoms with Crippen LogP contribution in [0.4, 0.5) is 5.95 Å². The van der Waals surface area contributed by atoms with E-state index in [1.54, 1.807) is 6.07 Å². The molecule has 0 unspecified atom stereocenters. The van der Waals surface area contributed by atoms with Crippen molar-refractivity contribution in [3.63, 3.8) is 0 Å². The third-order valence-electron chi connectivity index (χ3n) is 1.84. The predicted molar refractivity (Wildman–Crippen MR) is 66.3 cm³/mol. The first kappa shape index (κ1) is 11.9. The van der Waals surface area contributed by atoms with Crippen molar-refractivity contribution >= 4 is 35.0 Å². The Hall–Kier alpha value is -1.58. The van der Waals surface area contributed by atoms with Crippen LogP contribution >= 0.6 is 23.1 Å². The van der Waals surface area contributed by atoms with Gasteiger partial charge in [0.25, 0.3) is 5.91 Å². The number of thiophene rings is 1. The van der Waals surface area contributed by atoms with Crippen molar-refractivity contribution < 1.29 is 4.79 Å². The molecule has 2 aromatic rings. The number of thioether (sulfide) groups is 1. The summed E-state index contributed by atoms with van der Waals surface area (Å²) in [6.07, 6.45) is 0. The average molecular weight is 270 g/mol. The molecule has 0 aliphatic carbocycles. The lowest BCUT2D eigenvalue weighted by atomic mass is 10.4. The number of carbonyl (C=O) groups is 1. The van der Waals surface area contributed by atoms with E-state index >= 15 is 0 Å². The molecule has 90 valence electrons. The molecule has 17 heavy (non-hydrogen) atoms. The van der Waals surface area contributed by atoms with Crippen LogP contribution in [0.15, 0.2) is 17.3 Å². The van der Waals surface area contributed by atoms with Gasteiger partial charge in [0.05, 0.1) is 4.88 Å². The highest BCUT2D eigenvalue weighted by atomic mass is 32.2. The van der Waals surface area contributed by atoms with Crippen molar-refractivity contribution in [3.8, 4) is 0 Å². The first-order chi connectivity index (χ1) is 8.19. The molecule has 2 aromatic heterocycles. The number of hydrazine groups is 1. The molecular formula is C8H10N6OS2. The van der Waals surface area contributed by atoms with Crippen LogP contribution in [0, 0.1) is 0 Å². The second-order valence-electron chi connectivity index (χ2n) is 3.03. The van der Waals surface area contributed by atoms with Gasteiger partial charge in [0, 0.05) is 10.6 Å². The SMILES string of the molecule is NNC(=O)c1ccc(CSc2n[nH]c(N)n2)s1. The van der Waals surface area contributed by atoms with Crippen LogP contribution in [0.25, 0.3) is 0 Å². The van der Waals surface area contributed by atoms with Crippen molar-refractivity contribution in [2.24, 2.45) is 5.84 Å². The number of amides is 1. The van der Waals surface area contributed by atoms with Gasteiger partial charge in [-0.1, -0.05) is 11.8 Å². The van der Waals surface area contributed by atoms with E-state index in [0.29, 0.717) is 21.7 Å². The van der Waals surface area contributed by atoms with Crippen LogP contribution in [0.2, 0.25) is 0 Å². The minimum absolute atomic E-state index is 0.284. The van der Waals surface area contributed by atoms with Crippen LogP contribution in [-0.4, -0.2) is 21.1 Å². The number of nitrogens with two attached hydrogens (primary N) is 2. The van der Waals surface area contributed by atoms with E-state index in [0.717, 1.165) is 4.88 Å². The quantitative estimate of drug-likeness (QED) is 0.275. The van der Waals surface area contributed by atoms with Gasteiger partial charge in [-0.25, -0.2) is 10.9 Å². The number of nitrogen functional groups attached to an aromatic ring is 2. The Labute approximate surface area is 105 Å². The molecule has 0 fully saturated rings. The molecule has 0 aliphatic rings. The second-order valence-corrected chi connectivity index (χ2v) is 5.14. The van der Waals surface area contributed by atoms with Crippen molar-refractivity contribution in [3.05, 3.63) is 21.9 Å². The minimum Gasteiger partial charge on any atom is -0.368 e. The van der Waals surface area contributed by atoms with Gasteiger partial charge in [-0.3, -0.25) is 10.2 Å². The summed E-state index contributed by atoms with van der Waals surface area (Å²) in [7, 11) is 0. The molecule has 0 saturated carbocycles. The second kappa shape index (κ2) is 5.17. The van der Waals surface area contributed by atoms with Crippen molar-refractivity contribution in [1.29, 1.82) is 0 Å². The highest BCUT2D eigenvalue weighted by Crippen LogP contribution is 2.24. The van der Waals surface area contributed by atoms with E-state index in [2.05, 4.69) is 20.6 Å². The van der Waals surface area contributed by atoms with E-state index in [4.69, 9.17) is 11.6 Å². The first-order valence-corrected chi connectivity index (χ1v) is 6.39. The van der Waals surface area contributed by atoms with E-state index in [1.807, 2.05) is 6.07 Å². The molecule has 1 amide bonds. The first-order valence-electron chi connectivity index (χ1n) is 4.59. The number of H-pyrrole nitrogens is 1. The van der Waals surface area contributed by atoms with Crippen molar-refractivity contribution in [2.45, 2.75) is 10.9 Å². The van der Waals surface area contributed by atoms with E-state index < -0.39 is 0 Å². The molecule has 2 heterocycles. The predicted octanol–water partition coefficient (Wildman–Crippen LogP) is 0.344. The van der Waals surface area contributed by atoms with Crippen LogP contribution in [0.3, 0.4) is 0 Å².